The maximum atomic E-state index is 14.4. The molecule has 1 aromatic carbocycles. The van der Waals surface area contributed by atoms with Crippen LogP contribution in [-0.2, 0) is 4.74 Å². The molecule has 4 atom stereocenters. The average Bonchev–Trinajstić information content (AvgIpc) is 2.82. The molecule has 2 aromatic heterocycles. The second-order valence-corrected chi connectivity index (χ2v) is 7.91. The molecule has 3 heterocycles. The zero-order valence-corrected chi connectivity index (χ0v) is 18.1. The molecule has 0 spiro atoms. The predicted molar refractivity (Wildman–Crippen MR) is 116 cm³/mol. The minimum absolute atomic E-state index is 0.0933. The van der Waals surface area contributed by atoms with Crippen LogP contribution in [0.4, 0.5) is 18.9 Å². The molecule has 0 saturated carbocycles. The molecule has 0 radical (unpaired) electrons. The van der Waals surface area contributed by atoms with Crippen LogP contribution in [0, 0.1) is 17.5 Å². The van der Waals surface area contributed by atoms with E-state index in [1.54, 1.807) is 6.07 Å². The van der Waals surface area contributed by atoms with Crippen LogP contribution in [-0.4, -0.2) is 44.4 Å². The van der Waals surface area contributed by atoms with E-state index in [1.165, 1.54) is 12.4 Å². The lowest BCUT2D eigenvalue weighted by Crippen LogP contribution is -2.45. The first-order chi connectivity index (χ1) is 16.3. The summed E-state index contributed by atoms with van der Waals surface area (Å²) in [5.74, 6) is -3.79. The Bertz CT molecular complexity index is 1190. The summed E-state index contributed by atoms with van der Waals surface area (Å²) in [5.41, 5.74) is -0.824. The number of pyridine rings is 2. The normalized spacial score (nSPS) is 22.4. The predicted octanol–water partition coefficient (Wildman–Crippen LogP) is 3.78. The first-order valence-corrected chi connectivity index (χ1v) is 10.7. The van der Waals surface area contributed by atoms with E-state index in [-0.39, 0.29) is 17.8 Å². The van der Waals surface area contributed by atoms with Crippen LogP contribution in [0.15, 0.2) is 48.8 Å². The van der Waals surface area contributed by atoms with Crippen molar-refractivity contribution in [2.75, 3.05) is 5.32 Å². The number of aliphatic hydroxyl groups excluding tert-OH is 2. The number of aliphatic hydroxyl groups is 2. The maximum Gasteiger partial charge on any atom is 0.274 e. The van der Waals surface area contributed by atoms with E-state index in [1.807, 2.05) is 6.92 Å². The molecule has 0 bridgehead atoms. The minimum atomic E-state index is -1.03. The van der Waals surface area contributed by atoms with Gasteiger partial charge in [-0.1, -0.05) is 13.0 Å². The Balaban J connectivity index is 1.63. The highest BCUT2D eigenvalue weighted by Gasteiger charge is 2.37. The van der Waals surface area contributed by atoms with E-state index in [0.29, 0.717) is 12.0 Å². The number of amides is 1. The number of nitrogens with zero attached hydrogens (tertiary/aromatic N) is 2. The van der Waals surface area contributed by atoms with E-state index in [2.05, 4.69) is 15.3 Å². The van der Waals surface area contributed by atoms with Gasteiger partial charge in [0.1, 0.15) is 34.9 Å². The van der Waals surface area contributed by atoms with Gasteiger partial charge in [-0.3, -0.25) is 9.78 Å². The number of halogens is 3. The maximum absolute atomic E-state index is 14.4. The van der Waals surface area contributed by atoms with Crippen molar-refractivity contribution < 1.29 is 32.9 Å². The van der Waals surface area contributed by atoms with Crippen LogP contribution in [0.3, 0.4) is 0 Å². The van der Waals surface area contributed by atoms with E-state index in [0.717, 1.165) is 30.3 Å². The molecule has 7 nitrogen and oxygen atoms in total. The molecule has 4 rings (SSSR count). The van der Waals surface area contributed by atoms with Crippen molar-refractivity contribution in [2.45, 2.75) is 44.2 Å². The number of anilines is 1. The standard InChI is InChI=1S/C24H22F3N3O4/c1-2-19-23(32)18(31)10-20(34-19)12-8-9-28-11-17(12)30-24(33)16-7-6-15(27)22(29-16)21-13(25)4-3-5-14(21)26/h3-9,11,18-20,23,31-32H,2,10H2,1H3,(H,30,33)/t18-,19-,20-,23+/m0/s1. The van der Waals surface area contributed by atoms with Gasteiger partial charge in [-0.2, -0.15) is 0 Å². The molecule has 3 aromatic rings. The largest absolute Gasteiger partial charge is 0.390 e. The first kappa shape index (κ1) is 23.8. The lowest BCUT2D eigenvalue weighted by Gasteiger charge is -2.37. The molecule has 34 heavy (non-hydrogen) atoms. The second kappa shape index (κ2) is 9.88. The van der Waals surface area contributed by atoms with E-state index >= 15 is 0 Å². The van der Waals surface area contributed by atoms with E-state index in [9.17, 15) is 28.2 Å². The van der Waals surface area contributed by atoms with Crippen LogP contribution in [0.2, 0.25) is 0 Å². The van der Waals surface area contributed by atoms with Crippen LogP contribution in [0.5, 0.6) is 0 Å². The summed E-state index contributed by atoms with van der Waals surface area (Å²) >= 11 is 0. The van der Waals surface area contributed by atoms with E-state index in [4.69, 9.17) is 4.74 Å². The summed E-state index contributed by atoms with van der Waals surface area (Å²) in [7, 11) is 0. The fourth-order valence-electron chi connectivity index (χ4n) is 3.94. The van der Waals surface area contributed by atoms with Crippen molar-refractivity contribution in [1.82, 2.24) is 9.97 Å². The Morgan fingerprint density at radius 3 is 2.56 bits per heavy atom. The summed E-state index contributed by atoms with van der Waals surface area (Å²) in [6.45, 7) is 1.81. The summed E-state index contributed by atoms with van der Waals surface area (Å²) in [5, 5.41) is 22.9. The molecule has 178 valence electrons. The molecule has 1 saturated heterocycles. The fourth-order valence-corrected chi connectivity index (χ4v) is 3.94. The van der Waals surface area contributed by atoms with Crippen molar-refractivity contribution in [1.29, 1.82) is 0 Å². The number of hydrogen-bond acceptors (Lipinski definition) is 6. The number of rotatable bonds is 5. The summed E-state index contributed by atoms with van der Waals surface area (Å²) < 4.78 is 48.6. The SMILES string of the molecule is CC[C@@H]1O[C@H](c2ccncc2NC(=O)c2ccc(F)c(-c3c(F)cccc3F)n2)C[C@H](O)[C@H]1O. The minimum Gasteiger partial charge on any atom is -0.390 e. The number of ether oxygens (including phenoxy) is 1. The molecule has 0 unspecified atom stereocenters. The van der Waals surface area contributed by atoms with Crippen LogP contribution in [0.25, 0.3) is 11.3 Å². The van der Waals surface area contributed by atoms with Gasteiger partial charge in [0.05, 0.1) is 35.8 Å². The summed E-state index contributed by atoms with van der Waals surface area (Å²) in [6.07, 6.45) is 0.150. The molecule has 1 aliphatic heterocycles. The topological polar surface area (TPSA) is 105 Å². The Kier molecular flexibility index (Phi) is 6.92. The second-order valence-electron chi connectivity index (χ2n) is 7.91. The molecule has 1 amide bonds. The van der Waals surface area contributed by atoms with Crippen LogP contribution >= 0.6 is 0 Å². The molecule has 3 N–H and O–H groups in total. The van der Waals surface area contributed by atoms with Gasteiger partial charge in [-0.15, -0.1) is 0 Å². The van der Waals surface area contributed by atoms with Crippen molar-refractivity contribution in [3.8, 4) is 11.3 Å². The molecule has 1 fully saturated rings. The molecule has 0 aliphatic carbocycles. The van der Waals surface area contributed by atoms with E-state index < -0.39 is 59.0 Å². The number of carbonyl (C=O) groups excluding carboxylic acids is 1. The Morgan fingerprint density at radius 2 is 1.85 bits per heavy atom. The van der Waals surface area contributed by atoms with Crippen LogP contribution < -0.4 is 5.32 Å². The monoisotopic (exact) mass is 473 g/mol. The van der Waals surface area contributed by atoms with Gasteiger partial charge in [0.25, 0.3) is 5.91 Å². The summed E-state index contributed by atoms with van der Waals surface area (Å²) in [4.78, 5) is 20.8. The number of benzene rings is 1. The van der Waals surface area contributed by atoms with Crippen molar-refractivity contribution in [2.24, 2.45) is 0 Å². The highest BCUT2D eigenvalue weighted by atomic mass is 19.1. The van der Waals surface area contributed by atoms with Gasteiger partial charge in [-0.05, 0) is 36.8 Å². The number of nitrogens with one attached hydrogen (secondary N) is 1. The highest BCUT2D eigenvalue weighted by molar-refractivity contribution is 6.03. The van der Waals surface area contributed by atoms with Gasteiger partial charge < -0.3 is 20.3 Å². The first-order valence-electron chi connectivity index (χ1n) is 10.7. The number of aromatic nitrogens is 2. The molecular weight excluding hydrogens is 451 g/mol. The highest BCUT2D eigenvalue weighted by Crippen LogP contribution is 2.36. The molecule has 1 aliphatic rings. The van der Waals surface area contributed by atoms with Crippen molar-refractivity contribution in [3.05, 3.63) is 77.5 Å². The number of hydrogen-bond donors (Lipinski definition) is 3. The zero-order chi connectivity index (χ0) is 24.4. The van der Waals surface area contributed by atoms with Crippen molar-refractivity contribution >= 4 is 11.6 Å². The third kappa shape index (κ3) is 4.65. The number of carbonyl (C=O) groups is 1. The lowest BCUT2D eigenvalue weighted by molar-refractivity contribution is -0.170. The molecular formula is C24H22F3N3O4. The zero-order valence-electron chi connectivity index (χ0n) is 18.1. The third-order valence-corrected chi connectivity index (χ3v) is 5.70. The van der Waals surface area contributed by atoms with Gasteiger partial charge >= 0.3 is 0 Å². The van der Waals surface area contributed by atoms with Gasteiger partial charge in [-0.25, -0.2) is 18.2 Å². The van der Waals surface area contributed by atoms with Gasteiger partial charge in [0, 0.05) is 18.2 Å². The Morgan fingerprint density at radius 1 is 1.12 bits per heavy atom. The Labute approximate surface area is 193 Å². The van der Waals surface area contributed by atoms with Gasteiger partial charge in [0.15, 0.2) is 0 Å². The lowest BCUT2D eigenvalue weighted by atomic mass is 9.92. The van der Waals surface area contributed by atoms with Crippen LogP contribution in [0.1, 0.15) is 41.9 Å². The third-order valence-electron chi connectivity index (χ3n) is 5.70. The quantitative estimate of drug-likeness (QED) is 0.521. The summed E-state index contributed by atoms with van der Waals surface area (Å²) in [6, 6.07) is 6.67. The van der Waals surface area contributed by atoms with Gasteiger partial charge in [0.2, 0.25) is 0 Å². The molecule has 10 heteroatoms. The smallest absolute Gasteiger partial charge is 0.274 e. The fraction of sp³-hybridized carbons (Fsp3) is 0.292. The van der Waals surface area contributed by atoms with Crippen molar-refractivity contribution in [3.63, 3.8) is 0 Å². The average molecular weight is 473 g/mol. The Hall–Kier alpha value is -3.34.